The summed E-state index contributed by atoms with van der Waals surface area (Å²) in [5, 5.41) is 0. The van der Waals surface area contributed by atoms with Crippen LogP contribution in [0.1, 0.15) is 23.2 Å². The molecule has 4 atom stereocenters. The molecule has 0 N–H and O–H groups in total. The fourth-order valence-electron chi connectivity index (χ4n) is 4.98. The normalized spacial score (nSPS) is 25.4. The van der Waals surface area contributed by atoms with Crippen molar-refractivity contribution in [2.45, 2.75) is 25.0 Å². The van der Waals surface area contributed by atoms with Crippen LogP contribution in [0.2, 0.25) is 0 Å². The molecule has 1 saturated heterocycles. The number of hydrogen-bond acceptors (Lipinski definition) is 5. The van der Waals surface area contributed by atoms with E-state index in [-0.39, 0.29) is 12.0 Å². The van der Waals surface area contributed by atoms with Crippen LogP contribution in [0.3, 0.4) is 0 Å². The minimum atomic E-state index is 0.0979. The van der Waals surface area contributed by atoms with Crippen molar-refractivity contribution in [1.82, 2.24) is 9.80 Å². The number of ether oxygens (including phenoxy) is 3. The summed E-state index contributed by atoms with van der Waals surface area (Å²) >= 11 is 0. The number of fused-ring (bicyclic) bond motifs is 1. The van der Waals surface area contributed by atoms with E-state index in [1.807, 2.05) is 53.4 Å². The topological polar surface area (TPSA) is 51.2 Å². The van der Waals surface area contributed by atoms with Gasteiger partial charge in [0.2, 0.25) is 0 Å². The molecule has 31 heavy (non-hydrogen) atoms. The van der Waals surface area contributed by atoms with Crippen molar-refractivity contribution in [2.24, 2.45) is 11.8 Å². The van der Waals surface area contributed by atoms with E-state index in [1.165, 1.54) is 0 Å². The van der Waals surface area contributed by atoms with Gasteiger partial charge in [0.1, 0.15) is 17.2 Å². The molecule has 1 aliphatic carbocycles. The molecule has 0 spiro atoms. The Balaban J connectivity index is 1.38. The summed E-state index contributed by atoms with van der Waals surface area (Å²) in [5.74, 6) is 3.37. The first-order chi connectivity index (χ1) is 15.0. The van der Waals surface area contributed by atoms with Gasteiger partial charge in [0.05, 0.1) is 13.2 Å². The second-order valence-corrected chi connectivity index (χ2v) is 8.81. The number of rotatable bonds is 6. The standard InChI is InChI=1S/C25H32N2O4/c1-26(2)23-13-18-15-27(16-19(18)14-24(23)30-4)25(28)17-5-7-21(8-6-17)31-22-11-9-20(29-3)10-12-22/h5-12,18-19,23-24H,13-16H2,1-4H3/t18-,19+,23-,24-/m1/s1. The van der Waals surface area contributed by atoms with Crippen molar-refractivity contribution in [3.8, 4) is 17.2 Å². The molecule has 2 fully saturated rings. The highest BCUT2D eigenvalue weighted by molar-refractivity contribution is 5.94. The van der Waals surface area contributed by atoms with Crippen molar-refractivity contribution < 1.29 is 19.0 Å². The molecular formula is C25H32N2O4. The van der Waals surface area contributed by atoms with Crippen molar-refractivity contribution in [3.05, 3.63) is 54.1 Å². The predicted molar refractivity (Wildman–Crippen MR) is 120 cm³/mol. The van der Waals surface area contributed by atoms with Crippen molar-refractivity contribution >= 4 is 5.91 Å². The fraction of sp³-hybridized carbons (Fsp3) is 0.480. The Hall–Kier alpha value is -2.57. The summed E-state index contributed by atoms with van der Waals surface area (Å²) in [6.45, 7) is 1.64. The highest BCUT2D eigenvalue weighted by Crippen LogP contribution is 2.39. The second kappa shape index (κ2) is 9.28. The number of carbonyl (C=O) groups is 1. The summed E-state index contributed by atoms with van der Waals surface area (Å²) in [4.78, 5) is 17.4. The largest absolute Gasteiger partial charge is 0.497 e. The van der Waals surface area contributed by atoms with Gasteiger partial charge in [0, 0.05) is 31.8 Å². The fourth-order valence-corrected chi connectivity index (χ4v) is 4.98. The molecule has 1 saturated carbocycles. The summed E-state index contributed by atoms with van der Waals surface area (Å²) < 4.78 is 16.8. The Morgan fingerprint density at radius 1 is 0.871 bits per heavy atom. The van der Waals surface area contributed by atoms with E-state index in [2.05, 4.69) is 19.0 Å². The number of likely N-dealkylation sites (tertiary alicyclic amines) is 1. The van der Waals surface area contributed by atoms with E-state index in [0.717, 1.165) is 37.4 Å². The first-order valence-corrected chi connectivity index (χ1v) is 10.9. The van der Waals surface area contributed by atoms with Gasteiger partial charge in [-0.1, -0.05) is 0 Å². The van der Waals surface area contributed by atoms with E-state index >= 15 is 0 Å². The number of carbonyl (C=O) groups excluding carboxylic acids is 1. The molecule has 0 unspecified atom stereocenters. The SMILES string of the molecule is COc1ccc(Oc2ccc(C(=O)N3C[C@H]4C[C@@H](N(C)C)[C@H](OC)C[C@H]4C3)cc2)cc1. The third-order valence-electron chi connectivity index (χ3n) is 6.73. The molecule has 166 valence electrons. The molecule has 1 heterocycles. The molecule has 6 heteroatoms. The number of nitrogens with zero attached hydrogens (tertiary/aromatic N) is 2. The van der Waals surface area contributed by atoms with E-state index in [0.29, 0.717) is 29.2 Å². The van der Waals surface area contributed by atoms with Gasteiger partial charge in [0.15, 0.2) is 0 Å². The lowest BCUT2D eigenvalue weighted by atomic mass is 9.77. The van der Waals surface area contributed by atoms with Crippen LogP contribution in [0.4, 0.5) is 0 Å². The quantitative estimate of drug-likeness (QED) is 0.704. The van der Waals surface area contributed by atoms with Crippen LogP contribution in [0.5, 0.6) is 17.2 Å². The lowest BCUT2D eigenvalue weighted by Gasteiger charge is -2.40. The summed E-state index contributed by atoms with van der Waals surface area (Å²) in [6.07, 6.45) is 2.33. The molecule has 2 aliphatic rings. The van der Waals surface area contributed by atoms with Crippen LogP contribution in [-0.4, -0.2) is 69.3 Å². The van der Waals surface area contributed by atoms with Crippen LogP contribution in [0, 0.1) is 11.8 Å². The van der Waals surface area contributed by atoms with Gasteiger partial charge in [-0.15, -0.1) is 0 Å². The first kappa shape index (κ1) is 21.7. The zero-order chi connectivity index (χ0) is 22.0. The number of amides is 1. The number of benzene rings is 2. The van der Waals surface area contributed by atoms with Crippen LogP contribution >= 0.6 is 0 Å². The Bertz CT molecular complexity index is 881. The lowest BCUT2D eigenvalue weighted by molar-refractivity contribution is -0.0209. The Labute approximate surface area is 184 Å². The molecular weight excluding hydrogens is 392 g/mol. The Morgan fingerprint density at radius 3 is 1.97 bits per heavy atom. The highest BCUT2D eigenvalue weighted by Gasteiger charge is 2.44. The molecule has 0 bridgehead atoms. The van der Waals surface area contributed by atoms with Crippen molar-refractivity contribution in [2.75, 3.05) is 41.4 Å². The smallest absolute Gasteiger partial charge is 0.253 e. The molecule has 6 nitrogen and oxygen atoms in total. The van der Waals surface area contributed by atoms with Gasteiger partial charge in [-0.2, -0.15) is 0 Å². The average Bonchev–Trinajstić information content (AvgIpc) is 3.21. The minimum absolute atomic E-state index is 0.0979. The molecule has 2 aromatic carbocycles. The van der Waals surface area contributed by atoms with Gasteiger partial charge in [0.25, 0.3) is 5.91 Å². The van der Waals surface area contributed by atoms with Crippen LogP contribution < -0.4 is 9.47 Å². The zero-order valence-electron chi connectivity index (χ0n) is 18.8. The van der Waals surface area contributed by atoms with Gasteiger partial charge >= 0.3 is 0 Å². The van der Waals surface area contributed by atoms with E-state index in [9.17, 15) is 4.79 Å². The molecule has 1 amide bonds. The zero-order valence-corrected chi connectivity index (χ0v) is 18.8. The van der Waals surface area contributed by atoms with Gasteiger partial charge in [-0.3, -0.25) is 4.79 Å². The first-order valence-electron chi connectivity index (χ1n) is 10.9. The maximum absolute atomic E-state index is 13.1. The van der Waals surface area contributed by atoms with Gasteiger partial charge in [-0.25, -0.2) is 0 Å². The van der Waals surface area contributed by atoms with Gasteiger partial charge in [-0.05, 0) is 87.3 Å². The average molecular weight is 425 g/mol. The van der Waals surface area contributed by atoms with E-state index in [1.54, 1.807) is 14.2 Å². The lowest BCUT2D eigenvalue weighted by Crippen LogP contribution is -2.47. The van der Waals surface area contributed by atoms with Crippen LogP contribution in [0.25, 0.3) is 0 Å². The molecule has 0 radical (unpaired) electrons. The second-order valence-electron chi connectivity index (χ2n) is 8.81. The van der Waals surface area contributed by atoms with Crippen LogP contribution in [-0.2, 0) is 4.74 Å². The van der Waals surface area contributed by atoms with E-state index in [4.69, 9.17) is 14.2 Å². The summed E-state index contributed by atoms with van der Waals surface area (Å²) in [6, 6.07) is 15.2. The third-order valence-corrected chi connectivity index (χ3v) is 6.73. The Kier molecular flexibility index (Phi) is 6.49. The molecule has 1 aliphatic heterocycles. The minimum Gasteiger partial charge on any atom is -0.497 e. The van der Waals surface area contributed by atoms with Crippen LogP contribution in [0.15, 0.2) is 48.5 Å². The monoisotopic (exact) mass is 424 g/mol. The number of methoxy groups -OCH3 is 2. The molecule has 0 aromatic heterocycles. The maximum atomic E-state index is 13.1. The maximum Gasteiger partial charge on any atom is 0.253 e. The Morgan fingerprint density at radius 2 is 1.42 bits per heavy atom. The third kappa shape index (κ3) is 4.70. The predicted octanol–water partition coefficient (Wildman–Crippen LogP) is 3.91. The number of likely N-dealkylation sites (N-methyl/N-ethyl adjacent to an activating group) is 1. The van der Waals surface area contributed by atoms with Crippen molar-refractivity contribution in [1.29, 1.82) is 0 Å². The molecule has 4 rings (SSSR count). The van der Waals surface area contributed by atoms with Crippen molar-refractivity contribution in [3.63, 3.8) is 0 Å². The summed E-state index contributed by atoms with van der Waals surface area (Å²) in [7, 11) is 7.67. The van der Waals surface area contributed by atoms with E-state index < -0.39 is 0 Å². The summed E-state index contributed by atoms with van der Waals surface area (Å²) in [5.41, 5.74) is 0.702. The number of hydrogen-bond donors (Lipinski definition) is 0. The van der Waals surface area contributed by atoms with Gasteiger partial charge < -0.3 is 24.0 Å². The molecule has 2 aromatic rings. The highest BCUT2D eigenvalue weighted by atomic mass is 16.5.